The lowest BCUT2D eigenvalue weighted by molar-refractivity contribution is 0.0386. The van der Waals surface area contributed by atoms with E-state index in [-0.39, 0.29) is 5.91 Å². The van der Waals surface area contributed by atoms with Gasteiger partial charge in [0, 0.05) is 31.2 Å². The van der Waals surface area contributed by atoms with E-state index in [9.17, 15) is 4.79 Å². The van der Waals surface area contributed by atoms with Gasteiger partial charge in [-0.05, 0) is 37.7 Å². The third-order valence-corrected chi connectivity index (χ3v) is 4.96. The minimum absolute atomic E-state index is 0.0806. The molecule has 0 radical (unpaired) electrons. The topological polar surface area (TPSA) is 50.5 Å². The summed E-state index contributed by atoms with van der Waals surface area (Å²) >= 11 is 0. The Balaban J connectivity index is 1.63. The van der Waals surface area contributed by atoms with Gasteiger partial charge in [-0.25, -0.2) is 9.97 Å². The number of carbonyl (C=O) groups excluding carboxylic acids is 1. The first-order chi connectivity index (χ1) is 10.3. The maximum absolute atomic E-state index is 12.8. The molecule has 1 aliphatic heterocycles. The third-order valence-electron chi connectivity index (χ3n) is 4.96. The lowest BCUT2D eigenvalue weighted by Crippen LogP contribution is -2.49. The van der Waals surface area contributed by atoms with Crippen LogP contribution in [0.2, 0.25) is 0 Å². The van der Waals surface area contributed by atoms with Crippen molar-refractivity contribution < 1.29 is 4.79 Å². The number of nitrogens with zero attached hydrogens (tertiary/aromatic N) is 4. The number of hydrogen-bond acceptors (Lipinski definition) is 3. The molecule has 2 aliphatic rings. The molecule has 0 bridgehead atoms. The Kier molecular flexibility index (Phi) is 3.13. The lowest BCUT2D eigenvalue weighted by Gasteiger charge is -2.43. The van der Waals surface area contributed by atoms with Crippen molar-refractivity contribution in [3.63, 3.8) is 0 Å². The van der Waals surface area contributed by atoms with Crippen molar-refractivity contribution >= 4 is 11.7 Å². The smallest absolute Gasteiger partial charge is 0.274 e. The largest absolute Gasteiger partial charge is 0.334 e. The summed E-state index contributed by atoms with van der Waals surface area (Å²) in [6.07, 6.45) is 12.8. The van der Waals surface area contributed by atoms with E-state index in [1.54, 1.807) is 12.4 Å². The molecular weight excluding hydrogens is 264 g/mol. The summed E-state index contributed by atoms with van der Waals surface area (Å²) < 4.78 is 1.82. The van der Waals surface area contributed by atoms with Crippen LogP contribution in [0, 0.1) is 5.92 Å². The fraction of sp³-hybridized carbons (Fsp3) is 0.562. The second-order valence-electron chi connectivity index (χ2n) is 6.21. The third kappa shape index (κ3) is 2.20. The summed E-state index contributed by atoms with van der Waals surface area (Å²) in [7, 11) is 0. The van der Waals surface area contributed by atoms with E-state index in [0.717, 1.165) is 19.4 Å². The van der Waals surface area contributed by atoms with Gasteiger partial charge in [0.05, 0.1) is 0 Å². The number of imidazole rings is 1. The Morgan fingerprint density at radius 2 is 2.05 bits per heavy atom. The first-order valence-electron chi connectivity index (χ1n) is 7.93. The van der Waals surface area contributed by atoms with Crippen LogP contribution in [0.4, 0.5) is 0 Å². The number of amides is 1. The van der Waals surface area contributed by atoms with Gasteiger partial charge < -0.3 is 4.90 Å². The normalized spacial score (nSPS) is 25.8. The SMILES string of the molecule is O=C(c1cn2cccnc2n1)N1CCC[C@@H]2CCCC[C@@H]21. The van der Waals surface area contributed by atoms with Crippen LogP contribution in [0.5, 0.6) is 0 Å². The maximum atomic E-state index is 12.8. The molecule has 0 spiro atoms. The minimum atomic E-state index is 0.0806. The van der Waals surface area contributed by atoms with E-state index in [2.05, 4.69) is 14.9 Å². The van der Waals surface area contributed by atoms with E-state index < -0.39 is 0 Å². The van der Waals surface area contributed by atoms with Gasteiger partial charge in [-0.15, -0.1) is 0 Å². The molecular formula is C16H20N4O. The summed E-state index contributed by atoms with van der Waals surface area (Å²) in [4.78, 5) is 23.5. The molecule has 5 heteroatoms. The number of rotatable bonds is 1. The number of aromatic nitrogens is 3. The maximum Gasteiger partial charge on any atom is 0.274 e. The van der Waals surface area contributed by atoms with E-state index in [1.807, 2.05) is 16.7 Å². The molecule has 2 aromatic rings. The van der Waals surface area contributed by atoms with Crippen LogP contribution in [-0.2, 0) is 0 Å². The Hall–Kier alpha value is -1.91. The van der Waals surface area contributed by atoms with E-state index in [0.29, 0.717) is 23.4 Å². The van der Waals surface area contributed by atoms with Gasteiger partial charge >= 0.3 is 0 Å². The molecule has 110 valence electrons. The van der Waals surface area contributed by atoms with Crippen LogP contribution < -0.4 is 0 Å². The molecule has 0 aromatic carbocycles. The molecule has 4 rings (SSSR count). The van der Waals surface area contributed by atoms with Crippen molar-refractivity contribution in [1.29, 1.82) is 0 Å². The number of fused-ring (bicyclic) bond motifs is 2. The summed E-state index contributed by atoms with van der Waals surface area (Å²) in [5.41, 5.74) is 0.528. The van der Waals surface area contributed by atoms with Gasteiger partial charge in [-0.3, -0.25) is 9.20 Å². The number of hydrogen-bond donors (Lipinski definition) is 0. The predicted molar refractivity (Wildman–Crippen MR) is 79.0 cm³/mol. The summed E-state index contributed by atoms with van der Waals surface area (Å²) in [6.45, 7) is 0.876. The zero-order chi connectivity index (χ0) is 14.2. The van der Waals surface area contributed by atoms with Crippen molar-refractivity contribution in [2.75, 3.05) is 6.54 Å². The zero-order valence-electron chi connectivity index (χ0n) is 12.1. The second-order valence-corrected chi connectivity index (χ2v) is 6.21. The summed E-state index contributed by atoms with van der Waals surface area (Å²) in [5.74, 6) is 1.38. The number of carbonyl (C=O) groups is 1. The highest BCUT2D eigenvalue weighted by atomic mass is 16.2. The van der Waals surface area contributed by atoms with Gasteiger partial charge in [-0.2, -0.15) is 0 Å². The van der Waals surface area contributed by atoms with Gasteiger partial charge in [0.1, 0.15) is 5.69 Å². The van der Waals surface area contributed by atoms with Gasteiger partial charge in [0.25, 0.3) is 5.91 Å². The average Bonchev–Trinajstić information content (AvgIpc) is 2.97. The van der Waals surface area contributed by atoms with E-state index in [4.69, 9.17) is 0 Å². The molecule has 1 amide bonds. The highest BCUT2D eigenvalue weighted by Crippen LogP contribution is 2.35. The van der Waals surface area contributed by atoms with Gasteiger partial charge in [-0.1, -0.05) is 12.8 Å². The zero-order valence-corrected chi connectivity index (χ0v) is 12.1. The Morgan fingerprint density at radius 3 is 2.95 bits per heavy atom. The molecule has 5 nitrogen and oxygen atoms in total. The molecule has 21 heavy (non-hydrogen) atoms. The first-order valence-corrected chi connectivity index (χ1v) is 7.93. The van der Waals surface area contributed by atoms with Crippen molar-refractivity contribution in [2.24, 2.45) is 5.92 Å². The molecule has 0 unspecified atom stereocenters. The molecule has 1 saturated carbocycles. The molecule has 1 saturated heterocycles. The fourth-order valence-electron chi connectivity index (χ4n) is 3.96. The molecule has 0 N–H and O–H groups in total. The summed E-state index contributed by atoms with van der Waals surface area (Å²) in [6, 6.07) is 2.28. The predicted octanol–water partition coefficient (Wildman–Crippen LogP) is 2.52. The van der Waals surface area contributed by atoms with E-state index >= 15 is 0 Å². The Morgan fingerprint density at radius 1 is 1.19 bits per heavy atom. The lowest BCUT2D eigenvalue weighted by atomic mass is 9.78. The minimum Gasteiger partial charge on any atom is -0.334 e. The van der Waals surface area contributed by atoms with Crippen molar-refractivity contribution in [2.45, 2.75) is 44.6 Å². The Labute approximate surface area is 124 Å². The molecule has 3 heterocycles. The van der Waals surface area contributed by atoms with Gasteiger partial charge in [0.2, 0.25) is 5.78 Å². The summed E-state index contributed by atoms with van der Waals surface area (Å²) in [5, 5.41) is 0. The average molecular weight is 284 g/mol. The molecule has 2 fully saturated rings. The fourth-order valence-corrected chi connectivity index (χ4v) is 3.96. The highest BCUT2D eigenvalue weighted by molar-refractivity contribution is 5.93. The Bertz CT molecular complexity index is 630. The molecule has 2 aromatic heterocycles. The molecule has 1 aliphatic carbocycles. The van der Waals surface area contributed by atoms with Crippen molar-refractivity contribution in [3.05, 3.63) is 30.4 Å². The quantitative estimate of drug-likeness (QED) is 0.808. The number of likely N-dealkylation sites (tertiary alicyclic amines) is 1. The molecule has 2 atom stereocenters. The van der Waals surface area contributed by atoms with Crippen LogP contribution >= 0.6 is 0 Å². The van der Waals surface area contributed by atoms with E-state index in [1.165, 1.54) is 25.7 Å². The van der Waals surface area contributed by atoms with Gasteiger partial charge in [0.15, 0.2) is 0 Å². The highest BCUT2D eigenvalue weighted by Gasteiger charge is 2.36. The van der Waals surface area contributed by atoms with Crippen molar-refractivity contribution in [3.8, 4) is 0 Å². The van der Waals surface area contributed by atoms with Crippen LogP contribution in [0.1, 0.15) is 49.0 Å². The number of piperidine rings is 1. The van der Waals surface area contributed by atoms with Crippen LogP contribution in [0.25, 0.3) is 5.78 Å². The second kappa shape index (κ2) is 5.13. The van der Waals surface area contributed by atoms with Crippen molar-refractivity contribution in [1.82, 2.24) is 19.3 Å². The standard InChI is InChI=1S/C16H20N4O/c21-15(13-11-19-9-4-8-17-16(19)18-13)20-10-3-6-12-5-1-2-7-14(12)20/h4,8-9,11-12,14H,1-3,5-7,10H2/t12-,14-/m0/s1. The van der Waals surface area contributed by atoms with Crippen LogP contribution in [-0.4, -0.2) is 37.8 Å². The van der Waals surface area contributed by atoms with Crippen LogP contribution in [0.15, 0.2) is 24.7 Å². The first kappa shape index (κ1) is 12.8. The van der Waals surface area contributed by atoms with Crippen LogP contribution in [0.3, 0.4) is 0 Å². The monoisotopic (exact) mass is 284 g/mol.